The SMILES string of the molecule is C[Si](C)(C)c1ccc(C#CCCNC(=O)OCc2ccccc2)cc1. The Morgan fingerprint density at radius 2 is 1.72 bits per heavy atom. The minimum Gasteiger partial charge on any atom is -0.445 e. The van der Waals surface area contributed by atoms with E-state index in [0.717, 1.165) is 11.1 Å². The first kappa shape index (κ1) is 18.8. The zero-order valence-corrected chi connectivity index (χ0v) is 16.1. The van der Waals surface area contributed by atoms with Crippen LogP contribution in [-0.4, -0.2) is 20.7 Å². The lowest BCUT2D eigenvalue weighted by Crippen LogP contribution is -2.37. The number of alkyl carbamates (subject to hydrolysis) is 1. The van der Waals surface area contributed by atoms with E-state index in [0.29, 0.717) is 13.0 Å². The molecule has 0 aromatic heterocycles. The molecule has 25 heavy (non-hydrogen) atoms. The van der Waals surface area contributed by atoms with Crippen molar-refractivity contribution in [3.8, 4) is 11.8 Å². The molecule has 0 heterocycles. The third kappa shape index (κ3) is 6.86. The normalized spacial score (nSPS) is 10.5. The van der Waals surface area contributed by atoms with Crippen molar-refractivity contribution in [2.24, 2.45) is 0 Å². The third-order valence-electron chi connectivity index (χ3n) is 3.72. The Balaban J connectivity index is 1.69. The summed E-state index contributed by atoms with van der Waals surface area (Å²) in [6, 6.07) is 18.1. The van der Waals surface area contributed by atoms with Crippen molar-refractivity contribution < 1.29 is 9.53 Å². The molecule has 4 heteroatoms. The highest BCUT2D eigenvalue weighted by Crippen LogP contribution is 2.04. The molecule has 0 aliphatic rings. The van der Waals surface area contributed by atoms with Crippen LogP contribution in [-0.2, 0) is 11.3 Å². The van der Waals surface area contributed by atoms with Crippen molar-refractivity contribution in [3.05, 3.63) is 65.7 Å². The van der Waals surface area contributed by atoms with Crippen molar-refractivity contribution >= 4 is 19.4 Å². The summed E-state index contributed by atoms with van der Waals surface area (Å²) in [5.74, 6) is 6.21. The molecule has 0 spiro atoms. The van der Waals surface area contributed by atoms with E-state index in [4.69, 9.17) is 4.74 Å². The first-order valence-corrected chi connectivity index (χ1v) is 12.0. The summed E-state index contributed by atoms with van der Waals surface area (Å²) in [6.45, 7) is 7.75. The summed E-state index contributed by atoms with van der Waals surface area (Å²) in [5, 5.41) is 4.14. The van der Waals surface area contributed by atoms with Gasteiger partial charge in [0.1, 0.15) is 6.61 Å². The van der Waals surface area contributed by atoms with Gasteiger partial charge in [0.25, 0.3) is 0 Å². The van der Waals surface area contributed by atoms with E-state index in [1.54, 1.807) is 0 Å². The molecule has 2 rings (SSSR count). The lowest BCUT2D eigenvalue weighted by molar-refractivity contribution is 0.140. The number of ether oxygens (including phenoxy) is 1. The molecule has 0 fully saturated rings. The van der Waals surface area contributed by atoms with Gasteiger partial charge in [0.2, 0.25) is 0 Å². The average Bonchev–Trinajstić information content (AvgIpc) is 2.60. The van der Waals surface area contributed by atoms with Gasteiger partial charge in [0.15, 0.2) is 0 Å². The molecule has 0 unspecified atom stereocenters. The van der Waals surface area contributed by atoms with Crippen LogP contribution in [0.1, 0.15) is 17.5 Å². The molecular weight excluding hydrogens is 326 g/mol. The van der Waals surface area contributed by atoms with E-state index < -0.39 is 14.2 Å². The molecule has 0 aliphatic carbocycles. The molecule has 3 nitrogen and oxygen atoms in total. The zero-order chi connectivity index (χ0) is 18.1. The number of amides is 1. The molecule has 0 atom stereocenters. The van der Waals surface area contributed by atoms with Gasteiger partial charge in [0.05, 0.1) is 8.07 Å². The molecule has 1 amide bonds. The Kier molecular flexibility index (Phi) is 6.85. The summed E-state index contributed by atoms with van der Waals surface area (Å²) in [5.41, 5.74) is 1.98. The second kappa shape index (κ2) is 9.10. The second-order valence-corrected chi connectivity index (χ2v) is 11.9. The van der Waals surface area contributed by atoms with Gasteiger partial charge in [-0.3, -0.25) is 0 Å². The van der Waals surface area contributed by atoms with Crippen LogP contribution in [0.15, 0.2) is 54.6 Å². The van der Waals surface area contributed by atoms with Gasteiger partial charge >= 0.3 is 6.09 Å². The predicted octanol–water partition coefficient (Wildman–Crippen LogP) is 3.90. The number of rotatable bonds is 5. The Labute approximate surface area is 151 Å². The van der Waals surface area contributed by atoms with Gasteiger partial charge in [-0.1, -0.05) is 79.1 Å². The number of benzene rings is 2. The Morgan fingerprint density at radius 3 is 2.36 bits per heavy atom. The van der Waals surface area contributed by atoms with Gasteiger partial charge in [0, 0.05) is 18.5 Å². The van der Waals surface area contributed by atoms with Crippen LogP contribution < -0.4 is 10.5 Å². The van der Waals surface area contributed by atoms with Gasteiger partial charge in [-0.2, -0.15) is 0 Å². The van der Waals surface area contributed by atoms with Crippen molar-refractivity contribution in [2.75, 3.05) is 6.54 Å². The van der Waals surface area contributed by atoms with Gasteiger partial charge < -0.3 is 10.1 Å². The minimum absolute atomic E-state index is 0.280. The fourth-order valence-corrected chi connectivity index (χ4v) is 3.39. The zero-order valence-electron chi connectivity index (χ0n) is 15.1. The fourth-order valence-electron chi connectivity index (χ4n) is 2.22. The maximum atomic E-state index is 11.6. The summed E-state index contributed by atoms with van der Waals surface area (Å²) in [7, 11) is -1.25. The highest BCUT2D eigenvalue weighted by molar-refractivity contribution is 6.88. The highest BCUT2D eigenvalue weighted by atomic mass is 28.3. The molecule has 2 aromatic rings. The Morgan fingerprint density at radius 1 is 1.04 bits per heavy atom. The predicted molar refractivity (Wildman–Crippen MR) is 106 cm³/mol. The van der Waals surface area contributed by atoms with Crippen LogP contribution >= 0.6 is 0 Å². The van der Waals surface area contributed by atoms with Crippen LogP contribution in [0.25, 0.3) is 0 Å². The Hall–Kier alpha value is -2.51. The van der Waals surface area contributed by atoms with E-state index in [9.17, 15) is 4.79 Å². The first-order chi connectivity index (χ1) is 11.9. The molecule has 0 saturated heterocycles. The number of carbonyl (C=O) groups excluding carboxylic acids is 1. The molecule has 0 aliphatic heterocycles. The van der Waals surface area contributed by atoms with E-state index in [1.807, 2.05) is 30.3 Å². The van der Waals surface area contributed by atoms with E-state index in [2.05, 4.69) is 61.1 Å². The van der Waals surface area contributed by atoms with Gasteiger partial charge in [-0.15, -0.1) is 0 Å². The van der Waals surface area contributed by atoms with Crippen molar-refractivity contribution in [1.29, 1.82) is 0 Å². The van der Waals surface area contributed by atoms with Gasteiger partial charge in [-0.05, 0) is 17.7 Å². The minimum atomic E-state index is -1.25. The highest BCUT2D eigenvalue weighted by Gasteiger charge is 2.15. The lowest BCUT2D eigenvalue weighted by atomic mass is 10.2. The van der Waals surface area contributed by atoms with Crippen molar-refractivity contribution in [3.63, 3.8) is 0 Å². The number of hydrogen-bond donors (Lipinski definition) is 1. The Bertz CT molecular complexity index is 737. The standard InChI is InChI=1S/C21H25NO2Si/c1-25(2,3)20-14-12-18(13-15-20)9-7-8-16-22-21(23)24-17-19-10-5-4-6-11-19/h4-6,10-15H,8,16-17H2,1-3H3,(H,22,23). The number of hydrogen-bond acceptors (Lipinski definition) is 2. The fraction of sp³-hybridized carbons (Fsp3) is 0.286. The molecule has 2 aromatic carbocycles. The number of nitrogens with one attached hydrogen (secondary N) is 1. The topological polar surface area (TPSA) is 38.3 Å². The summed E-state index contributed by atoms with van der Waals surface area (Å²) < 4.78 is 5.14. The smallest absolute Gasteiger partial charge is 0.407 e. The molecule has 0 saturated carbocycles. The van der Waals surface area contributed by atoms with Crippen LogP contribution in [0.4, 0.5) is 4.79 Å². The summed E-state index contributed by atoms with van der Waals surface area (Å²) in [4.78, 5) is 11.6. The average molecular weight is 352 g/mol. The van der Waals surface area contributed by atoms with E-state index in [1.165, 1.54) is 5.19 Å². The van der Waals surface area contributed by atoms with Crippen molar-refractivity contribution in [1.82, 2.24) is 5.32 Å². The van der Waals surface area contributed by atoms with Crippen LogP contribution in [0.5, 0.6) is 0 Å². The lowest BCUT2D eigenvalue weighted by Gasteiger charge is -2.15. The van der Waals surface area contributed by atoms with E-state index in [-0.39, 0.29) is 6.61 Å². The van der Waals surface area contributed by atoms with Crippen LogP contribution in [0, 0.1) is 11.8 Å². The number of carbonyl (C=O) groups is 1. The molecule has 130 valence electrons. The largest absolute Gasteiger partial charge is 0.445 e. The monoisotopic (exact) mass is 351 g/mol. The van der Waals surface area contributed by atoms with Crippen LogP contribution in [0.3, 0.4) is 0 Å². The van der Waals surface area contributed by atoms with Crippen LogP contribution in [0.2, 0.25) is 19.6 Å². The third-order valence-corrected chi connectivity index (χ3v) is 5.78. The quantitative estimate of drug-likeness (QED) is 0.504. The second-order valence-electron chi connectivity index (χ2n) is 6.87. The molecular formula is C21H25NO2Si. The van der Waals surface area contributed by atoms with E-state index >= 15 is 0 Å². The molecule has 1 N–H and O–H groups in total. The summed E-state index contributed by atoms with van der Waals surface area (Å²) >= 11 is 0. The maximum absolute atomic E-state index is 11.6. The molecule has 0 radical (unpaired) electrons. The molecule has 0 bridgehead atoms. The van der Waals surface area contributed by atoms with Gasteiger partial charge in [-0.25, -0.2) is 4.79 Å². The maximum Gasteiger partial charge on any atom is 0.407 e. The van der Waals surface area contributed by atoms with Crippen molar-refractivity contribution in [2.45, 2.75) is 32.7 Å². The first-order valence-electron chi connectivity index (χ1n) is 8.49. The summed E-state index contributed by atoms with van der Waals surface area (Å²) in [6.07, 6.45) is 0.182.